The summed E-state index contributed by atoms with van der Waals surface area (Å²) in [5, 5.41) is 10.8. The van der Waals surface area contributed by atoms with Crippen LogP contribution < -0.4 is 29.7 Å². The highest BCUT2D eigenvalue weighted by molar-refractivity contribution is 7.86. The highest BCUT2D eigenvalue weighted by Gasteiger charge is 2.19. The van der Waals surface area contributed by atoms with Crippen LogP contribution in [0, 0.1) is 10.1 Å². The van der Waals surface area contributed by atoms with E-state index in [1.165, 1.54) is 12.1 Å². The monoisotopic (exact) mass is 526 g/mol. The zero-order chi connectivity index (χ0) is 19.7. The average Bonchev–Trinajstić information content (AvgIpc) is 2.51. The van der Waals surface area contributed by atoms with Crippen LogP contribution in [0.2, 0.25) is 0 Å². The summed E-state index contributed by atoms with van der Waals surface area (Å²) < 4.78 is 66.1. The van der Waals surface area contributed by atoms with Crippen molar-refractivity contribution in [1.82, 2.24) is 0 Å². The van der Waals surface area contributed by atoms with E-state index in [-0.39, 0.29) is 40.8 Å². The predicted molar refractivity (Wildman–Crippen MR) is 90.7 cm³/mol. The molecule has 2 aromatic carbocycles. The van der Waals surface area contributed by atoms with E-state index in [9.17, 15) is 36.1 Å². The Balaban J connectivity index is 0.00000364. The van der Waals surface area contributed by atoms with Gasteiger partial charge in [-0.3, -0.25) is 14.7 Å². The summed E-state index contributed by atoms with van der Waals surface area (Å²) in [5.41, 5.74) is 4.70. The molecular weight excluding hydrogens is 515 g/mol. The Hall–Kier alpha value is -2.07. The molecule has 10 nitrogen and oxygen atoms in total. The van der Waals surface area contributed by atoms with Crippen molar-refractivity contribution in [3.63, 3.8) is 0 Å². The number of nitrogen functional groups attached to an aromatic ring is 1. The molecule has 0 aliphatic rings. The fourth-order valence-corrected chi connectivity index (χ4v) is 3.49. The van der Waals surface area contributed by atoms with Crippen molar-refractivity contribution < 1.29 is 54.8 Å². The number of hydrogen-bond donors (Lipinski definition) is 2. The second kappa shape index (κ2) is 8.30. The number of non-ortho nitro benzene ring substituents is 1. The van der Waals surface area contributed by atoms with E-state index in [2.05, 4.69) is 0 Å². The molecule has 13 heteroatoms. The molecule has 0 aliphatic heterocycles. The number of benzene rings is 2. The summed E-state index contributed by atoms with van der Waals surface area (Å²) in [4.78, 5) is 8.55. The number of nitro groups is 1. The van der Waals surface area contributed by atoms with Crippen molar-refractivity contribution in [2.45, 2.75) is 9.79 Å². The molecule has 0 bridgehead atoms. The number of nitrogens with two attached hydrogens (primary N) is 1. The van der Waals surface area contributed by atoms with Crippen LogP contribution in [-0.4, -0.2) is 30.9 Å². The number of nitrogens with zero attached hydrogens (tertiary/aromatic N) is 1. The normalized spacial score (nSPS) is 11.9. The van der Waals surface area contributed by atoms with E-state index in [0.717, 1.165) is 30.4 Å². The number of nitro benzene ring substituents is 1. The van der Waals surface area contributed by atoms with Gasteiger partial charge in [0.2, 0.25) is 0 Å². The third-order valence-corrected chi connectivity index (χ3v) is 5.04. The quantitative estimate of drug-likeness (QED) is 0.117. The molecule has 0 amide bonds. The van der Waals surface area contributed by atoms with E-state index in [1.807, 2.05) is 0 Å². The van der Waals surface area contributed by atoms with Crippen LogP contribution in [0.1, 0.15) is 11.1 Å². The molecule has 2 aromatic rings. The molecule has 0 spiro atoms. The highest BCUT2D eigenvalue weighted by atomic mass is 127. The van der Waals surface area contributed by atoms with Crippen molar-refractivity contribution in [1.29, 1.82) is 0 Å². The van der Waals surface area contributed by atoms with Gasteiger partial charge in [0.1, 0.15) is 15.0 Å². The molecule has 2 rings (SSSR count). The van der Waals surface area contributed by atoms with Crippen LogP contribution in [0.3, 0.4) is 0 Å². The summed E-state index contributed by atoms with van der Waals surface area (Å²) in [5.74, 6) is 0. The Bertz CT molecular complexity index is 1130. The zero-order valence-corrected chi connectivity index (χ0v) is 16.9. The minimum absolute atomic E-state index is 0. The molecule has 0 unspecified atom stereocenters. The zero-order valence-electron chi connectivity index (χ0n) is 13.1. The fraction of sp³-hybridized carbons (Fsp3) is 0. The Morgan fingerprint density at radius 1 is 0.963 bits per heavy atom. The lowest BCUT2D eigenvalue weighted by Crippen LogP contribution is -3.00. The first-order valence-corrected chi connectivity index (χ1v) is 9.54. The number of halogens is 1. The van der Waals surface area contributed by atoms with Gasteiger partial charge in [-0.15, -0.1) is 0 Å². The third kappa shape index (κ3) is 5.70. The maximum atomic E-state index is 11.4. The van der Waals surface area contributed by atoms with E-state index >= 15 is 0 Å². The van der Waals surface area contributed by atoms with Crippen LogP contribution in [0.5, 0.6) is 0 Å². The average molecular weight is 526 g/mol. The van der Waals surface area contributed by atoms with Gasteiger partial charge in [-0.25, -0.2) is 8.42 Å². The van der Waals surface area contributed by atoms with E-state index in [4.69, 9.17) is 5.73 Å². The molecule has 0 aromatic heterocycles. The van der Waals surface area contributed by atoms with Gasteiger partial charge in [-0.1, -0.05) is 18.2 Å². The van der Waals surface area contributed by atoms with Crippen molar-refractivity contribution in [2.24, 2.45) is 0 Å². The molecule has 0 saturated heterocycles. The maximum absolute atomic E-state index is 11.4. The molecule has 27 heavy (non-hydrogen) atoms. The van der Waals surface area contributed by atoms with Crippen molar-refractivity contribution >= 4 is 43.8 Å². The minimum Gasteiger partial charge on any atom is -1.00 e. The van der Waals surface area contributed by atoms with Crippen LogP contribution in [0.15, 0.2) is 46.2 Å². The molecular formula is C14H11IN2O8S2-2. The SMILES string of the molecule is Nc1ccc(/C=C/c2ccc([N+](=O)[O-])cc2S(=O)(=O)O)c(S(=O)(=O)[O-])c1.[I-]. The maximum Gasteiger partial charge on any atom is 0.295 e. The fourth-order valence-electron chi connectivity index (χ4n) is 2.08. The van der Waals surface area contributed by atoms with Gasteiger partial charge in [-0.2, -0.15) is 8.42 Å². The minimum atomic E-state index is -4.86. The van der Waals surface area contributed by atoms with Crippen LogP contribution >= 0.6 is 0 Å². The Labute approximate surface area is 171 Å². The number of hydrogen-bond acceptors (Lipinski definition) is 8. The summed E-state index contributed by atoms with van der Waals surface area (Å²) >= 11 is 0. The molecule has 0 atom stereocenters. The third-order valence-electron chi connectivity index (χ3n) is 3.24. The van der Waals surface area contributed by atoms with E-state index < -0.39 is 40.6 Å². The second-order valence-corrected chi connectivity index (χ2v) is 7.78. The van der Waals surface area contributed by atoms with Gasteiger partial charge < -0.3 is 34.3 Å². The summed E-state index contributed by atoms with van der Waals surface area (Å²) in [7, 11) is -9.65. The molecule has 0 aliphatic carbocycles. The number of anilines is 1. The van der Waals surface area contributed by atoms with E-state index in [0.29, 0.717) is 6.07 Å². The lowest BCUT2D eigenvalue weighted by molar-refractivity contribution is -0.385. The molecule has 0 heterocycles. The summed E-state index contributed by atoms with van der Waals surface area (Å²) in [6, 6.07) is 6.22. The van der Waals surface area contributed by atoms with Crippen LogP contribution in [-0.2, 0) is 20.2 Å². The molecule has 0 saturated carbocycles. The van der Waals surface area contributed by atoms with Crippen molar-refractivity contribution in [3.05, 3.63) is 57.6 Å². The Kier molecular flexibility index (Phi) is 7.06. The van der Waals surface area contributed by atoms with Crippen molar-refractivity contribution in [3.8, 4) is 0 Å². The van der Waals surface area contributed by atoms with Gasteiger partial charge in [0.05, 0.1) is 9.82 Å². The summed E-state index contributed by atoms with van der Waals surface area (Å²) in [6.45, 7) is 0. The lowest BCUT2D eigenvalue weighted by Gasteiger charge is -2.11. The molecule has 3 N–H and O–H groups in total. The lowest BCUT2D eigenvalue weighted by atomic mass is 10.1. The first-order chi connectivity index (χ1) is 11.9. The van der Waals surface area contributed by atoms with Gasteiger partial charge >= 0.3 is 0 Å². The van der Waals surface area contributed by atoms with E-state index in [1.54, 1.807) is 0 Å². The van der Waals surface area contributed by atoms with Gasteiger partial charge in [-0.05, 0) is 29.3 Å². The van der Waals surface area contributed by atoms with Crippen LogP contribution in [0.4, 0.5) is 11.4 Å². The standard InChI is InChI=1S/C14H12N2O8S2.HI/c15-11-5-3-9(13(7-11)25(19,20)21)1-2-10-4-6-12(16(17)18)8-14(10)26(22,23)24;/h1-8H,15H2,(H,19,20,21)(H,22,23,24);1H/p-2/b2-1+;. The van der Waals surface area contributed by atoms with Gasteiger partial charge in [0.25, 0.3) is 15.8 Å². The van der Waals surface area contributed by atoms with Gasteiger partial charge in [0.15, 0.2) is 0 Å². The molecule has 0 fully saturated rings. The smallest absolute Gasteiger partial charge is 0.295 e. The first kappa shape index (κ1) is 23.0. The topological polar surface area (TPSA) is 181 Å². The van der Waals surface area contributed by atoms with Crippen molar-refractivity contribution in [2.75, 3.05) is 5.73 Å². The summed E-state index contributed by atoms with van der Waals surface area (Å²) in [6.07, 6.45) is 2.20. The van der Waals surface area contributed by atoms with Gasteiger partial charge in [0, 0.05) is 17.8 Å². The largest absolute Gasteiger partial charge is 1.00 e. The predicted octanol–water partition coefficient (Wildman–Crippen LogP) is -1.50. The first-order valence-electron chi connectivity index (χ1n) is 6.69. The molecule has 0 radical (unpaired) electrons. The Morgan fingerprint density at radius 3 is 1.96 bits per heavy atom. The second-order valence-electron chi connectivity index (χ2n) is 5.04. The highest BCUT2D eigenvalue weighted by Crippen LogP contribution is 2.26. The molecule has 146 valence electrons. The van der Waals surface area contributed by atoms with Crippen LogP contribution in [0.25, 0.3) is 12.2 Å². The Morgan fingerprint density at radius 2 is 1.48 bits per heavy atom. The number of rotatable bonds is 5.